The Morgan fingerprint density at radius 3 is 2.69 bits per heavy atom. The van der Waals surface area contributed by atoms with Crippen LogP contribution in [-0.2, 0) is 4.74 Å². The van der Waals surface area contributed by atoms with Crippen molar-refractivity contribution in [3.8, 4) is 0 Å². The van der Waals surface area contributed by atoms with Crippen LogP contribution in [0.25, 0.3) is 0 Å². The molecule has 0 unspecified atom stereocenters. The van der Waals surface area contributed by atoms with Crippen LogP contribution in [0.1, 0.15) is 37.7 Å². The van der Waals surface area contributed by atoms with Crippen LogP contribution in [0.15, 0.2) is 22.8 Å². The third-order valence-electron chi connectivity index (χ3n) is 2.01. The molecule has 0 aliphatic carbocycles. The summed E-state index contributed by atoms with van der Waals surface area (Å²) in [7, 11) is 0. The van der Waals surface area contributed by atoms with Gasteiger partial charge in [-0.05, 0) is 39.9 Å². The molecule has 16 heavy (non-hydrogen) atoms. The monoisotopic (exact) mass is 285 g/mol. The molecule has 0 radical (unpaired) electrons. The number of pyridine rings is 1. The maximum atomic E-state index is 11.6. The molecule has 1 aromatic rings. The number of hydrogen-bond acceptors (Lipinski definition) is 3. The van der Waals surface area contributed by atoms with E-state index in [1.54, 1.807) is 18.2 Å². The molecule has 0 aliphatic heterocycles. The number of carbonyl (C=O) groups is 1. The van der Waals surface area contributed by atoms with Crippen molar-refractivity contribution in [1.29, 1.82) is 0 Å². The molecule has 88 valence electrons. The number of hydrogen-bond donors (Lipinski definition) is 0. The maximum absolute atomic E-state index is 11.6. The number of nitrogens with zero attached hydrogens (tertiary/aromatic N) is 1. The minimum Gasteiger partial charge on any atom is -0.461 e. The van der Waals surface area contributed by atoms with Gasteiger partial charge in [-0.3, -0.25) is 0 Å². The van der Waals surface area contributed by atoms with Crippen LogP contribution in [0, 0.1) is 5.41 Å². The zero-order chi connectivity index (χ0) is 12.2. The van der Waals surface area contributed by atoms with E-state index in [0.29, 0.717) is 16.9 Å². The standard InChI is InChI=1S/C12H16BrNO2/c1-12(2,3)7-8-16-11(15)9-5-4-6-10(13)14-9/h4-6H,7-8H2,1-3H3. The van der Waals surface area contributed by atoms with Crippen molar-refractivity contribution in [3.63, 3.8) is 0 Å². The van der Waals surface area contributed by atoms with E-state index in [4.69, 9.17) is 4.74 Å². The summed E-state index contributed by atoms with van der Waals surface area (Å²) in [5.41, 5.74) is 0.508. The lowest BCUT2D eigenvalue weighted by atomic mass is 9.93. The predicted octanol–water partition coefficient (Wildman–Crippen LogP) is 3.44. The zero-order valence-corrected chi connectivity index (χ0v) is 11.4. The summed E-state index contributed by atoms with van der Waals surface area (Å²) in [5, 5.41) is 0. The van der Waals surface area contributed by atoms with Gasteiger partial charge in [0.25, 0.3) is 0 Å². The molecule has 0 amide bonds. The molecule has 4 heteroatoms. The summed E-state index contributed by atoms with van der Waals surface area (Å²) >= 11 is 3.21. The first-order valence-corrected chi connectivity index (χ1v) is 5.97. The van der Waals surface area contributed by atoms with Gasteiger partial charge >= 0.3 is 5.97 Å². The van der Waals surface area contributed by atoms with Gasteiger partial charge in [-0.2, -0.15) is 0 Å². The number of carbonyl (C=O) groups excluding carboxylic acids is 1. The van der Waals surface area contributed by atoms with Gasteiger partial charge in [0.05, 0.1) is 6.61 Å². The number of aromatic nitrogens is 1. The van der Waals surface area contributed by atoms with E-state index in [-0.39, 0.29) is 11.4 Å². The zero-order valence-electron chi connectivity index (χ0n) is 9.79. The molecule has 1 aromatic heterocycles. The van der Waals surface area contributed by atoms with E-state index in [0.717, 1.165) is 6.42 Å². The molecule has 0 saturated carbocycles. The van der Waals surface area contributed by atoms with Crippen molar-refractivity contribution in [2.24, 2.45) is 5.41 Å². The fraction of sp³-hybridized carbons (Fsp3) is 0.500. The van der Waals surface area contributed by atoms with Crippen molar-refractivity contribution in [2.45, 2.75) is 27.2 Å². The molecule has 0 aromatic carbocycles. The van der Waals surface area contributed by atoms with Gasteiger partial charge in [0, 0.05) is 0 Å². The van der Waals surface area contributed by atoms with Gasteiger partial charge in [0.15, 0.2) is 0 Å². The third-order valence-corrected chi connectivity index (χ3v) is 2.45. The van der Waals surface area contributed by atoms with Crippen LogP contribution in [0.5, 0.6) is 0 Å². The summed E-state index contributed by atoms with van der Waals surface area (Å²) in [5.74, 6) is -0.370. The minimum atomic E-state index is -0.370. The molecule has 0 bridgehead atoms. The molecule has 1 heterocycles. The SMILES string of the molecule is CC(C)(C)CCOC(=O)c1cccc(Br)n1. The van der Waals surface area contributed by atoms with E-state index >= 15 is 0 Å². The molecule has 0 aliphatic rings. The lowest BCUT2D eigenvalue weighted by Crippen LogP contribution is -2.14. The summed E-state index contributed by atoms with van der Waals surface area (Å²) < 4.78 is 5.77. The Morgan fingerprint density at radius 1 is 1.44 bits per heavy atom. The van der Waals surface area contributed by atoms with Crippen LogP contribution in [0.3, 0.4) is 0 Å². The Kier molecular flexibility index (Phi) is 4.47. The van der Waals surface area contributed by atoms with Gasteiger partial charge in [-0.25, -0.2) is 9.78 Å². The average Bonchev–Trinajstić information content (AvgIpc) is 2.15. The summed E-state index contributed by atoms with van der Waals surface area (Å²) in [6.07, 6.45) is 0.840. The Morgan fingerprint density at radius 2 is 2.12 bits per heavy atom. The quantitative estimate of drug-likeness (QED) is 0.631. The van der Waals surface area contributed by atoms with Crippen molar-refractivity contribution in [3.05, 3.63) is 28.5 Å². The van der Waals surface area contributed by atoms with E-state index in [2.05, 4.69) is 41.7 Å². The van der Waals surface area contributed by atoms with Crippen LogP contribution in [0.2, 0.25) is 0 Å². The third kappa shape index (κ3) is 4.75. The van der Waals surface area contributed by atoms with Crippen LogP contribution >= 0.6 is 15.9 Å². The number of esters is 1. The summed E-state index contributed by atoms with van der Waals surface area (Å²) in [4.78, 5) is 15.6. The first-order valence-electron chi connectivity index (χ1n) is 5.18. The highest BCUT2D eigenvalue weighted by atomic mass is 79.9. The van der Waals surface area contributed by atoms with Gasteiger partial charge < -0.3 is 4.74 Å². The van der Waals surface area contributed by atoms with Crippen LogP contribution in [-0.4, -0.2) is 17.6 Å². The van der Waals surface area contributed by atoms with Gasteiger partial charge in [0.1, 0.15) is 10.3 Å². The molecule has 0 saturated heterocycles. The van der Waals surface area contributed by atoms with Crippen molar-refractivity contribution < 1.29 is 9.53 Å². The molecule has 1 rings (SSSR count). The molecular formula is C12H16BrNO2. The Balaban J connectivity index is 2.47. The highest BCUT2D eigenvalue weighted by Crippen LogP contribution is 2.18. The van der Waals surface area contributed by atoms with Crippen molar-refractivity contribution in [1.82, 2.24) is 4.98 Å². The molecular weight excluding hydrogens is 270 g/mol. The topological polar surface area (TPSA) is 39.2 Å². The predicted molar refractivity (Wildman–Crippen MR) is 66.3 cm³/mol. The Labute approximate surface area is 104 Å². The lowest BCUT2D eigenvalue weighted by molar-refractivity contribution is 0.0458. The molecule has 3 nitrogen and oxygen atoms in total. The molecule has 0 N–H and O–H groups in total. The molecule has 0 spiro atoms. The summed E-state index contributed by atoms with van der Waals surface area (Å²) in [6, 6.07) is 5.17. The second-order valence-corrected chi connectivity index (χ2v) is 5.60. The number of halogens is 1. The van der Waals surface area contributed by atoms with Gasteiger partial charge in [0.2, 0.25) is 0 Å². The normalized spacial score (nSPS) is 11.2. The largest absolute Gasteiger partial charge is 0.461 e. The fourth-order valence-electron chi connectivity index (χ4n) is 1.05. The van der Waals surface area contributed by atoms with E-state index in [9.17, 15) is 4.79 Å². The van der Waals surface area contributed by atoms with Crippen LogP contribution in [0.4, 0.5) is 0 Å². The number of ether oxygens (including phenoxy) is 1. The second-order valence-electron chi connectivity index (χ2n) is 4.79. The lowest BCUT2D eigenvalue weighted by Gasteiger charge is -2.17. The average molecular weight is 286 g/mol. The summed E-state index contributed by atoms with van der Waals surface area (Å²) in [6.45, 7) is 6.76. The fourth-order valence-corrected chi connectivity index (χ4v) is 1.39. The second kappa shape index (κ2) is 5.43. The van der Waals surface area contributed by atoms with Gasteiger partial charge in [-0.1, -0.05) is 26.8 Å². The first kappa shape index (κ1) is 13.2. The van der Waals surface area contributed by atoms with Gasteiger partial charge in [-0.15, -0.1) is 0 Å². The smallest absolute Gasteiger partial charge is 0.356 e. The van der Waals surface area contributed by atoms with E-state index in [1.165, 1.54) is 0 Å². The number of rotatable bonds is 3. The molecule has 0 atom stereocenters. The van der Waals surface area contributed by atoms with E-state index < -0.39 is 0 Å². The Hall–Kier alpha value is -0.900. The first-order chi connectivity index (χ1) is 7.38. The highest BCUT2D eigenvalue weighted by Gasteiger charge is 2.13. The molecule has 0 fully saturated rings. The minimum absolute atomic E-state index is 0.172. The maximum Gasteiger partial charge on any atom is 0.356 e. The van der Waals surface area contributed by atoms with E-state index in [1.807, 2.05) is 0 Å². The highest BCUT2D eigenvalue weighted by molar-refractivity contribution is 9.10. The van der Waals surface area contributed by atoms with Crippen molar-refractivity contribution >= 4 is 21.9 Å². The Bertz CT molecular complexity index is 372. The van der Waals surface area contributed by atoms with Crippen molar-refractivity contribution in [2.75, 3.05) is 6.61 Å². The van der Waals surface area contributed by atoms with Crippen LogP contribution < -0.4 is 0 Å².